The third-order valence-electron chi connectivity index (χ3n) is 4.03. The van der Waals surface area contributed by atoms with E-state index in [0.717, 1.165) is 25.2 Å². The van der Waals surface area contributed by atoms with Gasteiger partial charge in [-0.2, -0.15) is 13.2 Å². The lowest BCUT2D eigenvalue weighted by atomic mass is 9.98. The number of benzene rings is 1. The lowest BCUT2D eigenvalue weighted by Crippen LogP contribution is -2.52. The van der Waals surface area contributed by atoms with Crippen molar-refractivity contribution in [3.63, 3.8) is 0 Å². The summed E-state index contributed by atoms with van der Waals surface area (Å²) in [5, 5.41) is 2.65. The van der Waals surface area contributed by atoms with Crippen molar-refractivity contribution in [3.05, 3.63) is 29.8 Å². The lowest BCUT2D eigenvalue weighted by Gasteiger charge is -2.38. The molecular formula is C17H23F3N2O2. The number of rotatable bonds is 8. The number of hydrogen-bond donors (Lipinski definition) is 1. The lowest BCUT2D eigenvalue weighted by molar-refractivity contribution is -0.135. The molecule has 1 aliphatic rings. The number of unbranched alkanes of at least 4 members (excludes halogenated alkanes) is 1. The predicted octanol–water partition coefficient (Wildman–Crippen LogP) is 2.98. The Bertz CT molecular complexity index is 526. The van der Waals surface area contributed by atoms with Crippen LogP contribution in [0.3, 0.4) is 0 Å². The molecule has 134 valence electrons. The average Bonchev–Trinajstić information content (AvgIpc) is 2.49. The summed E-state index contributed by atoms with van der Waals surface area (Å²) >= 11 is 0. The molecule has 24 heavy (non-hydrogen) atoms. The zero-order chi connectivity index (χ0) is 17.6. The number of alkyl halides is 3. The summed E-state index contributed by atoms with van der Waals surface area (Å²) in [5.41, 5.74) is 1.12. The highest BCUT2D eigenvalue weighted by atomic mass is 19.4. The number of carbonyl (C=O) groups is 1. The van der Waals surface area contributed by atoms with Crippen LogP contribution in [0.1, 0.15) is 24.8 Å². The average molecular weight is 344 g/mol. The first kappa shape index (κ1) is 18.6. The van der Waals surface area contributed by atoms with Gasteiger partial charge in [-0.25, -0.2) is 0 Å². The van der Waals surface area contributed by atoms with Gasteiger partial charge in [0.05, 0.1) is 12.5 Å². The summed E-state index contributed by atoms with van der Waals surface area (Å²) in [7, 11) is 1.65. The summed E-state index contributed by atoms with van der Waals surface area (Å²) in [6.07, 6.45) is -4.38. The Kier molecular flexibility index (Phi) is 6.48. The van der Waals surface area contributed by atoms with Gasteiger partial charge in [-0.1, -0.05) is 12.1 Å². The molecule has 2 rings (SSSR count). The van der Waals surface area contributed by atoms with E-state index in [1.165, 1.54) is 0 Å². The van der Waals surface area contributed by atoms with Crippen molar-refractivity contribution in [3.8, 4) is 5.75 Å². The summed E-state index contributed by atoms with van der Waals surface area (Å²) in [5.74, 6) is 0.826. The number of ether oxygens (including phenoxy) is 1. The van der Waals surface area contributed by atoms with Crippen LogP contribution in [0.4, 0.5) is 13.2 Å². The van der Waals surface area contributed by atoms with Gasteiger partial charge in [0.2, 0.25) is 5.91 Å². The summed E-state index contributed by atoms with van der Waals surface area (Å²) in [6, 6.07) is 7.54. The van der Waals surface area contributed by atoms with Crippen LogP contribution in [-0.2, 0) is 11.3 Å². The fourth-order valence-corrected chi connectivity index (χ4v) is 2.64. The second kappa shape index (κ2) is 8.37. The van der Waals surface area contributed by atoms with Crippen LogP contribution >= 0.6 is 0 Å². The van der Waals surface area contributed by atoms with Crippen molar-refractivity contribution in [1.82, 2.24) is 10.2 Å². The maximum Gasteiger partial charge on any atom is 0.389 e. The molecule has 7 heteroatoms. The van der Waals surface area contributed by atoms with Gasteiger partial charge >= 0.3 is 6.18 Å². The largest absolute Gasteiger partial charge is 0.494 e. The first-order chi connectivity index (χ1) is 11.4. The molecule has 4 nitrogen and oxygen atoms in total. The van der Waals surface area contributed by atoms with E-state index in [1.54, 1.807) is 7.05 Å². The quantitative estimate of drug-likeness (QED) is 0.737. The van der Waals surface area contributed by atoms with Crippen LogP contribution in [0.15, 0.2) is 24.3 Å². The second-order valence-electron chi connectivity index (χ2n) is 6.07. The van der Waals surface area contributed by atoms with Crippen LogP contribution in [-0.4, -0.2) is 43.7 Å². The normalized spacial score (nSPS) is 15.8. The van der Waals surface area contributed by atoms with Crippen molar-refractivity contribution < 1.29 is 22.7 Å². The summed E-state index contributed by atoms with van der Waals surface area (Å²) < 4.78 is 41.5. The maximum atomic E-state index is 12.0. The molecule has 0 atom stereocenters. The third-order valence-corrected chi connectivity index (χ3v) is 4.03. The summed E-state index contributed by atoms with van der Waals surface area (Å²) in [6.45, 7) is 2.59. The van der Waals surface area contributed by atoms with E-state index in [0.29, 0.717) is 12.2 Å². The van der Waals surface area contributed by atoms with E-state index in [-0.39, 0.29) is 24.9 Å². The molecule has 1 fully saturated rings. The number of amides is 1. The number of nitrogens with zero attached hydrogens (tertiary/aromatic N) is 1. The third kappa shape index (κ3) is 6.03. The Hall–Kier alpha value is -1.76. The minimum absolute atomic E-state index is 0.0781. The van der Waals surface area contributed by atoms with Crippen molar-refractivity contribution in [2.24, 2.45) is 5.92 Å². The fourth-order valence-electron chi connectivity index (χ4n) is 2.64. The topological polar surface area (TPSA) is 41.6 Å². The maximum absolute atomic E-state index is 12.0. The molecule has 1 heterocycles. The molecule has 0 unspecified atom stereocenters. The Balaban J connectivity index is 1.64. The van der Waals surface area contributed by atoms with Gasteiger partial charge in [-0.15, -0.1) is 0 Å². The predicted molar refractivity (Wildman–Crippen MR) is 84.7 cm³/mol. The first-order valence-corrected chi connectivity index (χ1v) is 8.10. The highest BCUT2D eigenvalue weighted by Crippen LogP contribution is 2.23. The van der Waals surface area contributed by atoms with Gasteiger partial charge in [-0.05, 0) is 30.5 Å². The molecular weight excluding hydrogens is 321 g/mol. The smallest absolute Gasteiger partial charge is 0.389 e. The van der Waals surface area contributed by atoms with Crippen molar-refractivity contribution in [1.29, 1.82) is 0 Å². The number of likely N-dealkylation sites (tertiary alicyclic amines) is 1. The molecule has 0 aromatic heterocycles. The first-order valence-electron chi connectivity index (χ1n) is 8.10. The minimum atomic E-state index is -4.09. The standard InChI is InChI=1S/C17H23F3N2O2/c1-21-16(23)14-11-22(12-14)10-13-4-6-15(7-5-13)24-9-3-2-8-17(18,19)20/h4-7,14H,2-3,8-12H2,1H3,(H,21,23). The van der Waals surface area contributed by atoms with E-state index in [2.05, 4.69) is 10.2 Å². The minimum Gasteiger partial charge on any atom is -0.494 e. The number of carbonyl (C=O) groups excluding carboxylic acids is 1. The van der Waals surface area contributed by atoms with E-state index < -0.39 is 12.6 Å². The van der Waals surface area contributed by atoms with E-state index in [9.17, 15) is 18.0 Å². The van der Waals surface area contributed by atoms with E-state index in [4.69, 9.17) is 4.74 Å². The molecule has 0 bridgehead atoms. The monoisotopic (exact) mass is 344 g/mol. The van der Waals surface area contributed by atoms with Crippen LogP contribution in [0.25, 0.3) is 0 Å². The molecule has 1 aromatic rings. The molecule has 1 N–H and O–H groups in total. The Morgan fingerprint density at radius 3 is 2.50 bits per heavy atom. The number of nitrogens with one attached hydrogen (secondary N) is 1. The summed E-state index contributed by atoms with van der Waals surface area (Å²) in [4.78, 5) is 13.6. The molecule has 0 radical (unpaired) electrons. The Morgan fingerprint density at radius 1 is 1.25 bits per heavy atom. The Morgan fingerprint density at radius 2 is 1.92 bits per heavy atom. The zero-order valence-electron chi connectivity index (χ0n) is 13.7. The van der Waals surface area contributed by atoms with Crippen molar-refractivity contribution in [2.45, 2.75) is 32.0 Å². The van der Waals surface area contributed by atoms with Gasteiger partial charge in [-0.3, -0.25) is 9.69 Å². The molecule has 1 aromatic carbocycles. The molecule has 1 saturated heterocycles. The molecule has 0 aliphatic carbocycles. The second-order valence-corrected chi connectivity index (χ2v) is 6.07. The molecule has 0 spiro atoms. The van der Waals surface area contributed by atoms with Gasteiger partial charge in [0.1, 0.15) is 5.75 Å². The number of hydrogen-bond acceptors (Lipinski definition) is 3. The fraction of sp³-hybridized carbons (Fsp3) is 0.588. The van der Waals surface area contributed by atoms with Gasteiger partial charge in [0.15, 0.2) is 0 Å². The molecule has 1 amide bonds. The van der Waals surface area contributed by atoms with Crippen molar-refractivity contribution >= 4 is 5.91 Å². The van der Waals surface area contributed by atoms with E-state index in [1.807, 2.05) is 24.3 Å². The van der Waals surface area contributed by atoms with Crippen LogP contribution in [0, 0.1) is 5.92 Å². The Labute approximate surface area is 140 Å². The van der Waals surface area contributed by atoms with Crippen LogP contribution in [0.5, 0.6) is 5.75 Å². The zero-order valence-corrected chi connectivity index (χ0v) is 13.7. The van der Waals surface area contributed by atoms with Gasteiger partial charge < -0.3 is 10.1 Å². The highest BCUT2D eigenvalue weighted by Gasteiger charge is 2.31. The molecule has 0 saturated carbocycles. The van der Waals surface area contributed by atoms with E-state index >= 15 is 0 Å². The van der Waals surface area contributed by atoms with Gasteiger partial charge in [0.25, 0.3) is 0 Å². The van der Waals surface area contributed by atoms with Crippen LogP contribution in [0.2, 0.25) is 0 Å². The molecule has 1 aliphatic heterocycles. The number of halogens is 3. The SMILES string of the molecule is CNC(=O)C1CN(Cc2ccc(OCCCCC(F)(F)F)cc2)C1. The highest BCUT2D eigenvalue weighted by molar-refractivity contribution is 5.79. The van der Waals surface area contributed by atoms with Crippen LogP contribution < -0.4 is 10.1 Å². The van der Waals surface area contributed by atoms with Crippen molar-refractivity contribution in [2.75, 3.05) is 26.7 Å². The van der Waals surface area contributed by atoms with Gasteiger partial charge in [0, 0.05) is 33.1 Å².